The van der Waals surface area contributed by atoms with Crippen LogP contribution in [0, 0.1) is 5.41 Å². The molecule has 0 aromatic carbocycles. The molecule has 0 radical (unpaired) electrons. The molecule has 0 amide bonds. The Morgan fingerprint density at radius 1 is 1.00 bits per heavy atom. The van der Waals surface area contributed by atoms with E-state index < -0.39 is 0 Å². The molecule has 0 heterocycles. The van der Waals surface area contributed by atoms with Gasteiger partial charge in [-0.3, -0.25) is 0 Å². The molecule has 0 saturated heterocycles. The fraction of sp³-hybridized carbons (Fsp3) is 1.00. The number of hydrogen-bond donors (Lipinski definition) is 1. The molecular weight excluding hydrogens is 218 g/mol. The topological polar surface area (TPSA) is 39.7 Å². The van der Waals surface area contributed by atoms with E-state index in [1.54, 1.807) is 14.2 Å². The first-order chi connectivity index (χ1) is 8.33. The van der Waals surface area contributed by atoms with Crippen LogP contribution in [0.4, 0.5) is 0 Å². The lowest BCUT2D eigenvalue weighted by atomic mass is 10.0. The highest BCUT2D eigenvalue weighted by molar-refractivity contribution is 4.94. The highest BCUT2D eigenvalue weighted by atomic mass is 16.5. The molecule has 1 aliphatic rings. The van der Waals surface area contributed by atoms with E-state index in [4.69, 9.17) is 14.2 Å². The molecule has 1 fully saturated rings. The summed E-state index contributed by atoms with van der Waals surface area (Å²) in [6, 6.07) is 0. The van der Waals surface area contributed by atoms with E-state index in [9.17, 15) is 0 Å². The summed E-state index contributed by atoms with van der Waals surface area (Å²) < 4.78 is 15.6. The molecule has 1 saturated carbocycles. The molecule has 17 heavy (non-hydrogen) atoms. The lowest BCUT2D eigenvalue weighted by Crippen LogP contribution is -2.28. The minimum absolute atomic E-state index is 0.523. The van der Waals surface area contributed by atoms with E-state index in [2.05, 4.69) is 5.32 Å². The summed E-state index contributed by atoms with van der Waals surface area (Å²) in [4.78, 5) is 0. The average Bonchev–Trinajstić information content (AvgIpc) is 3.10. The Balaban J connectivity index is 1.91. The second kappa shape index (κ2) is 8.86. The van der Waals surface area contributed by atoms with E-state index in [-0.39, 0.29) is 0 Å². The zero-order chi connectivity index (χ0) is 12.4. The van der Waals surface area contributed by atoms with Crippen molar-refractivity contribution in [2.45, 2.75) is 25.7 Å². The maximum absolute atomic E-state index is 5.61. The summed E-state index contributed by atoms with van der Waals surface area (Å²) in [5.74, 6) is 0. The largest absolute Gasteiger partial charge is 0.385 e. The van der Waals surface area contributed by atoms with Gasteiger partial charge in [0.15, 0.2) is 0 Å². The molecule has 4 nitrogen and oxygen atoms in total. The van der Waals surface area contributed by atoms with Crippen LogP contribution < -0.4 is 5.32 Å². The molecule has 102 valence electrons. The summed E-state index contributed by atoms with van der Waals surface area (Å²) in [7, 11) is 3.47. The van der Waals surface area contributed by atoms with E-state index in [0.717, 1.165) is 45.9 Å². The Hall–Kier alpha value is -0.160. The third-order valence-electron chi connectivity index (χ3n) is 3.35. The molecule has 0 bridgehead atoms. The van der Waals surface area contributed by atoms with Crippen molar-refractivity contribution in [2.24, 2.45) is 5.41 Å². The molecule has 0 spiro atoms. The van der Waals surface area contributed by atoms with Gasteiger partial charge >= 0.3 is 0 Å². The number of nitrogens with one attached hydrogen (secondary N) is 1. The van der Waals surface area contributed by atoms with Gasteiger partial charge in [0.05, 0.1) is 6.61 Å². The predicted molar refractivity (Wildman–Crippen MR) is 68.3 cm³/mol. The first-order valence-electron chi connectivity index (χ1n) is 6.59. The van der Waals surface area contributed by atoms with Gasteiger partial charge in [-0.15, -0.1) is 0 Å². The number of rotatable bonds is 12. The zero-order valence-electron chi connectivity index (χ0n) is 11.3. The van der Waals surface area contributed by atoms with Crippen LogP contribution in [0.25, 0.3) is 0 Å². The standard InChI is InChI=1S/C13H27NO3/c1-15-8-3-9-17-10-6-13(4-5-13)12-14-7-11-16-2/h14H,3-12H2,1-2H3. The SMILES string of the molecule is COCCCOCCC1(CNCCOC)CC1. The Labute approximate surface area is 105 Å². The normalized spacial score (nSPS) is 17.3. The second-order valence-corrected chi connectivity index (χ2v) is 4.88. The zero-order valence-corrected chi connectivity index (χ0v) is 11.3. The van der Waals surface area contributed by atoms with E-state index in [0.29, 0.717) is 5.41 Å². The molecule has 1 aliphatic carbocycles. The first kappa shape index (κ1) is 14.9. The van der Waals surface area contributed by atoms with Gasteiger partial charge in [-0.05, 0) is 31.1 Å². The molecule has 0 aliphatic heterocycles. The number of ether oxygens (including phenoxy) is 3. The summed E-state index contributed by atoms with van der Waals surface area (Å²) in [5, 5.41) is 3.45. The predicted octanol–water partition coefficient (Wildman–Crippen LogP) is 1.45. The van der Waals surface area contributed by atoms with Gasteiger partial charge in [-0.1, -0.05) is 0 Å². The van der Waals surface area contributed by atoms with Crippen molar-refractivity contribution in [3.8, 4) is 0 Å². The summed E-state index contributed by atoms with van der Waals surface area (Å²) in [6.45, 7) is 5.36. The number of methoxy groups -OCH3 is 2. The maximum Gasteiger partial charge on any atom is 0.0587 e. The van der Waals surface area contributed by atoms with Crippen molar-refractivity contribution < 1.29 is 14.2 Å². The fourth-order valence-corrected chi connectivity index (χ4v) is 1.92. The molecular formula is C13H27NO3. The van der Waals surface area contributed by atoms with E-state index in [1.165, 1.54) is 19.3 Å². The van der Waals surface area contributed by atoms with Crippen LogP contribution in [0.2, 0.25) is 0 Å². The highest BCUT2D eigenvalue weighted by Crippen LogP contribution is 2.48. The van der Waals surface area contributed by atoms with Gasteiger partial charge in [-0.25, -0.2) is 0 Å². The molecule has 0 aromatic rings. The summed E-state index contributed by atoms with van der Waals surface area (Å²) in [6.07, 6.45) is 4.86. The summed E-state index contributed by atoms with van der Waals surface area (Å²) in [5.41, 5.74) is 0.523. The average molecular weight is 245 g/mol. The molecule has 0 atom stereocenters. The molecule has 0 unspecified atom stereocenters. The fourth-order valence-electron chi connectivity index (χ4n) is 1.92. The second-order valence-electron chi connectivity index (χ2n) is 4.88. The van der Waals surface area contributed by atoms with E-state index >= 15 is 0 Å². The van der Waals surface area contributed by atoms with Crippen molar-refractivity contribution in [3.63, 3.8) is 0 Å². The van der Waals surface area contributed by atoms with Crippen LogP contribution in [-0.2, 0) is 14.2 Å². The van der Waals surface area contributed by atoms with Gasteiger partial charge < -0.3 is 19.5 Å². The van der Waals surface area contributed by atoms with Gasteiger partial charge in [0, 0.05) is 47.1 Å². The first-order valence-corrected chi connectivity index (χ1v) is 6.59. The Bertz CT molecular complexity index is 184. The summed E-state index contributed by atoms with van der Waals surface area (Å²) >= 11 is 0. The van der Waals surface area contributed by atoms with Crippen LogP contribution in [0.15, 0.2) is 0 Å². The minimum atomic E-state index is 0.523. The monoisotopic (exact) mass is 245 g/mol. The van der Waals surface area contributed by atoms with Crippen molar-refractivity contribution in [1.29, 1.82) is 0 Å². The maximum atomic E-state index is 5.61. The third kappa shape index (κ3) is 6.99. The van der Waals surface area contributed by atoms with Crippen LogP contribution in [0.1, 0.15) is 25.7 Å². The Morgan fingerprint density at radius 2 is 1.76 bits per heavy atom. The van der Waals surface area contributed by atoms with Crippen molar-refractivity contribution in [2.75, 3.05) is 53.7 Å². The van der Waals surface area contributed by atoms with Crippen molar-refractivity contribution in [3.05, 3.63) is 0 Å². The van der Waals surface area contributed by atoms with Gasteiger partial charge in [-0.2, -0.15) is 0 Å². The molecule has 1 rings (SSSR count). The van der Waals surface area contributed by atoms with Crippen LogP contribution in [0.3, 0.4) is 0 Å². The van der Waals surface area contributed by atoms with Crippen molar-refractivity contribution in [1.82, 2.24) is 5.32 Å². The van der Waals surface area contributed by atoms with Crippen molar-refractivity contribution >= 4 is 0 Å². The molecule has 1 N–H and O–H groups in total. The smallest absolute Gasteiger partial charge is 0.0587 e. The number of hydrogen-bond acceptors (Lipinski definition) is 4. The molecule has 0 aromatic heterocycles. The van der Waals surface area contributed by atoms with E-state index in [1.807, 2.05) is 0 Å². The van der Waals surface area contributed by atoms with Crippen LogP contribution in [0.5, 0.6) is 0 Å². The highest BCUT2D eigenvalue weighted by Gasteiger charge is 2.41. The molecule has 4 heteroatoms. The lowest BCUT2D eigenvalue weighted by Gasteiger charge is -2.16. The quantitative estimate of drug-likeness (QED) is 0.528. The third-order valence-corrected chi connectivity index (χ3v) is 3.35. The lowest BCUT2D eigenvalue weighted by molar-refractivity contribution is 0.0910. The van der Waals surface area contributed by atoms with Crippen LogP contribution >= 0.6 is 0 Å². The minimum Gasteiger partial charge on any atom is -0.385 e. The Morgan fingerprint density at radius 3 is 2.41 bits per heavy atom. The van der Waals surface area contributed by atoms with Gasteiger partial charge in [0.1, 0.15) is 0 Å². The van der Waals surface area contributed by atoms with Gasteiger partial charge in [0.2, 0.25) is 0 Å². The van der Waals surface area contributed by atoms with Crippen LogP contribution in [-0.4, -0.2) is 53.7 Å². The van der Waals surface area contributed by atoms with Gasteiger partial charge in [0.25, 0.3) is 0 Å². The Kier molecular flexibility index (Phi) is 7.77.